The average molecular weight is 273 g/mol. The van der Waals surface area contributed by atoms with Gasteiger partial charge in [0, 0.05) is 11.7 Å². The van der Waals surface area contributed by atoms with Gasteiger partial charge in [-0.15, -0.1) is 0 Å². The fourth-order valence-electron chi connectivity index (χ4n) is 2.11. The van der Waals surface area contributed by atoms with Gasteiger partial charge in [-0.1, -0.05) is 0 Å². The normalized spacial score (nSPS) is 14.2. The fourth-order valence-corrected chi connectivity index (χ4v) is 2.11. The Morgan fingerprint density at radius 2 is 2.30 bits per heavy atom. The molecule has 1 fully saturated rings. The highest BCUT2D eigenvalue weighted by Crippen LogP contribution is 2.31. The van der Waals surface area contributed by atoms with E-state index >= 15 is 0 Å². The molecule has 0 aromatic carbocycles. The number of nitrogens with zero attached hydrogens (tertiary/aromatic N) is 3. The van der Waals surface area contributed by atoms with Gasteiger partial charge >= 0.3 is 5.97 Å². The number of rotatable bonds is 5. The molecule has 20 heavy (non-hydrogen) atoms. The lowest BCUT2D eigenvalue weighted by Gasteiger charge is -2.21. The van der Waals surface area contributed by atoms with E-state index in [1.165, 1.54) is 6.07 Å². The van der Waals surface area contributed by atoms with Crippen LogP contribution in [0.1, 0.15) is 34.8 Å². The van der Waals surface area contributed by atoms with Crippen LogP contribution in [0.15, 0.2) is 28.9 Å². The summed E-state index contributed by atoms with van der Waals surface area (Å²) in [5.41, 5.74) is 0.676. The second-order valence-corrected chi connectivity index (χ2v) is 4.94. The molecule has 0 amide bonds. The number of carbonyl (C=O) groups is 1. The maximum Gasteiger partial charge on any atom is 0.354 e. The van der Waals surface area contributed by atoms with Crippen LogP contribution in [0.4, 0.5) is 5.95 Å². The Hall–Kier alpha value is -2.37. The van der Waals surface area contributed by atoms with Crippen molar-refractivity contribution >= 4 is 11.9 Å². The van der Waals surface area contributed by atoms with E-state index in [0.29, 0.717) is 24.2 Å². The summed E-state index contributed by atoms with van der Waals surface area (Å²) in [4.78, 5) is 21.6. The Morgan fingerprint density at radius 3 is 2.90 bits per heavy atom. The molecule has 0 bridgehead atoms. The lowest BCUT2D eigenvalue weighted by molar-refractivity contribution is 0.0690. The summed E-state index contributed by atoms with van der Waals surface area (Å²) in [6.45, 7) is 2.33. The Morgan fingerprint density at radius 1 is 1.50 bits per heavy atom. The van der Waals surface area contributed by atoms with Gasteiger partial charge < -0.3 is 14.4 Å². The highest BCUT2D eigenvalue weighted by Gasteiger charge is 2.32. The van der Waals surface area contributed by atoms with E-state index in [-0.39, 0.29) is 5.69 Å². The van der Waals surface area contributed by atoms with Gasteiger partial charge in [0.2, 0.25) is 5.95 Å². The zero-order valence-electron chi connectivity index (χ0n) is 11.1. The van der Waals surface area contributed by atoms with E-state index in [1.807, 2.05) is 17.0 Å². The Kier molecular flexibility index (Phi) is 3.14. The predicted molar refractivity (Wildman–Crippen MR) is 71.6 cm³/mol. The van der Waals surface area contributed by atoms with E-state index < -0.39 is 5.97 Å². The first-order chi connectivity index (χ1) is 9.63. The number of aromatic carboxylic acids is 1. The molecule has 1 aliphatic carbocycles. The summed E-state index contributed by atoms with van der Waals surface area (Å²) in [6.07, 6.45) is 3.76. The largest absolute Gasteiger partial charge is 0.477 e. The number of hydrogen-bond donors (Lipinski definition) is 1. The Labute approximate surface area is 116 Å². The van der Waals surface area contributed by atoms with Gasteiger partial charge in [-0.2, -0.15) is 0 Å². The molecule has 1 aliphatic rings. The molecule has 0 unspecified atom stereocenters. The minimum Gasteiger partial charge on any atom is -0.477 e. The van der Waals surface area contributed by atoms with Crippen LogP contribution in [-0.4, -0.2) is 27.1 Å². The second-order valence-electron chi connectivity index (χ2n) is 4.94. The maximum atomic E-state index is 11.1. The highest BCUT2D eigenvalue weighted by molar-refractivity contribution is 5.85. The second kappa shape index (κ2) is 4.96. The van der Waals surface area contributed by atoms with Gasteiger partial charge in [-0.25, -0.2) is 14.8 Å². The van der Waals surface area contributed by atoms with Gasteiger partial charge in [0.05, 0.1) is 12.8 Å². The summed E-state index contributed by atoms with van der Waals surface area (Å²) in [6, 6.07) is 5.57. The molecular weight excluding hydrogens is 258 g/mol. The molecule has 1 saturated carbocycles. The van der Waals surface area contributed by atoms with Crippen LogP contribution in [-0.2, 0) is 6.54 Å². The first kappa shape index (κ1) is 12.7. The van der Waals surface area contributed by atoms with E-state index in [1.54, 1.807) is 13.2 Å². The molecule has 2 heterocycles. The van der Waals surface area contributed by atoms with Crippen molar-refractivity contribution in [1.29, 1.82) is 0 Å². The van der Waals surface area contributed by atoms with Crippen molar-refractivity contribution in [3.8, 4) is 0 Å². The van der Waals surface area contributed by atoms with Crippen molar-refractivity contribution in [2.75, 3.05) is 4.90 Å². The predicted octanol–water partition coefficient (Wildman–Crippen LogP) is 2.25. The van der Waals surface area contributed by atoms with E-state index in [4.69, 9.17) is 9.52 Å². The quantitative estimate of drug-likeness (QED) is 0.900. The van der Waals surface area contributed by atoms with Crippen LogP contribution in [0, 0.1) is 6.92 Å². The smallest absolute Gasteiger partial charge is 0.354 e. The molecule has 2 aromatic heterocycles. The zero-order valence-corrected chi connectivity index (χ0v) is 11.1. The van der Waals surface area contributed by atoms with Gasteiger partial charge in [0.15, 0.2) is 5.69 Å². The van der Waals surface area contributed by atoms with Gasteiger partial charge in [0.1, 0.15) is 5.76 Å². The van der Waals surface area contributed by atoms with E-state index in [2.05, 4.69) is 9.97 Å². The standard InChI is InChI=1S/C14H15N3O3/c1-9-7-12(13(18)19)16-14(15-9)17(10-4-5-10)8-11-3-2-6-20-11/h2-3,6-7,10H,4-5,8H2,1H3,(H,18,19). The lowest BCUT2D eigenvalue weighted by atomic mass is 10.3. The molecule has 0 spiro atoms. The van der Waals surface area contributed by atoms with Crippen LogP contribution >= 0.6 is 0 Å². The van der Waals surface area contributed by atoms with Crippen LogP contribution < -0.4 is 4.90 Å². The monoisotopic (exact) mass is 273 g/mol. The molecule has 3 rings (SSSR count). The van der Waals surface area contributed by atoms with Gasteiger partial charge in [-0.05, 0) is 38.0 Å². The van der Waals surface area contributed by atoms with Crippen molar-refractivity contribution in [2.45, 2.75) is 32.4 Å². The third-order valence-electron chi connectivity index (χ3n) is 3.21. The molecule has 6 nitrogen and oxygen atoms in total. The van der Waals surface area contributed by atoms with Crippen LogP contribution in [0.3, 0.4) is 0 Å². The first-order valence-corrected chi connectivity index (χ1v) is 6.51. The molecule has 2 aromatic rings. The Balaban J connectivity index is 1.93. The summed E-state index contributed by atoms with van der Waals surface area (Å²) < 4.78 is 5.36. The molecule has 0 atom stereocenters. The van der Waals surface area contributed by atoms with Crippen LogP contribution in [0.5, 0.6) is 0 Å². The minimum absolute atomic E-state index is 0.0256. The minimum atomic E-state index is -1.04. The van der Waals surface area contributed by atoms with E-state index in [0.717, 1.165) is 18.6 Å². The first-order valence-electron chi connectivity index (χ1n) is 6.51. The molecule has 6 heteroatoms. The number of carboxylic acids is 1. The average Bonchev–Trinajstić information content (AvgIpc) is 3.12. The molecule has 104 valence electrons. The van der Waals surface area contributed by atoms with Gasteiger partial charge in [0.25, 0.3) is 0 Å². The van der Waals surface area contributed by atoms with Gasteiger partial charge in [-0.3, -0.25) is 0 Å². The van der Waals surface area contributed by atoms with Crippen molar-refractivity contribution in [3.05, 3.63) is 41.6 Å². The number of aryl methyl sites for hydroxylation is 1. The topological polar surface area (TPSA) is 79.5 Å². The summed E-state index contributed by atoms with van der Waals surface area (Å²) in [7, 11) is 0. The number of anilines is 1. The fraction of sp³-hybridized carbons (Fsp3) is 0.357. The molecular formula is C14H15N3O3. The molecule has 1 N–H and O–H groups in total. The summed E-state index contributed by atoms with van der Waals surface area (Å²) >= 11 is 0. The summed E-state index contributed by atoms with van der Waals surface area (Å²) in [5, 5.41) is 9.10. The summed E-state index contributed by atoms with van der Waals surface area (Å²) in [5.74, 6) is 0.241. The molecule has 0 radical (unpaired) electrons. The van der Waals surface area contributed by atoms with Crippen LogP contribution in [0.25, 0.3) is 0 Å². The molecule has 0 aliphatic heterocycles. The SMILES string of the molecule is Cc1cc(C(=O)O)nc(N(Cc2ccco2)C2CC2)n1. The highest BCUT2D eigenvalue weighted by atomic mass is 16.4. The number of hydrogen-bond acceptors (Lipinski definition) is 5. The van der Waals surface area contributed by atoms with E-state index in [9.17, 15) is 4.79 Å². The number of furan rings is 1. The van der Waals surface area contributed by atoms with Crippen molar-refractivity contribution in [1.82, 2.24) is 9.97 Å². The van der Waals surface area contributed by atoms with Crippen LogP contribution in [0.2, 0.25) is 0 Å². The molecule has 0 saturated heterocycles. The number of aromatic nitrogens is 2. The maximum absolute atomic E-state index is 11.1. The number of carboxylic acid groups (broad SMARTS) is 1. The van der Waals surface area contributed by atoms with Crippen molar-refractivity contribution < 1.29 is 14.3 Å². The third kappa shape index (κ3) is 2.64. The van der Waals surface area contributed by atoms with Crippen molar-refractivity contribution in [3.63, 3.8) is 0 Å². The Bertz CT molecular complexity index is 621. The lowest BCUT2D eigenvalue weighted by Crippen LogP contribution is -2.27. The zero-order chi connectivity index (χ0) is 14.1. The third-order valence-corrected chi connectivity index (χ3v) is 3.21. The van der Waals surface area contributed by atoms with Crippen molar-refractivity contribution in [2.24, 2.45) is 0 Å².